The first-order chi connectivity index (χ1) is 11.7. The van der Waals surface area contributed by atoms with Crippen molar-refractivity contribution in [2.45, 2.75) is 6.18 Å². The third-order valence-corrected chi connectivity index (χ3v) is 4.63. The van der Waals surface area contributed by atoms with Crippen molar-refractivity contribution in [1.82, 2.24) is 9.97 Å². The maximum atomic E-state index is 12.9. The van der Waals surface area contributed by atoms with Gasteiger partial charge < -0.3 is 10.3 Å². The minimum absolute atomic E-state index is 0.136. The van der Waals surface area contributed by atoms with Gasteiger partial charge in [-0.25, -0.2) is 4.98 Å². The summed E-state index contributed by atoms with van der Waals surface area (Å²) in [5.74, 6) is -1.86. The number of aromatic amines is 1. The van der Waals surface area contributed by atoms with Gasteiger partial charge in [0.25, 0.3) is 5.91 Å². The van der Waals surface area contributed by atoms with E-state index in [2.05, 4.69) is 15.3 Å². The molecule has 4 nitrogen and oxygen atoms in total. The summed E-state index contributed by atoms with van der Waals surface area (Å²) in [6.45, 7) is 0. The van der Waals surface area contributed by atoms with Gasteiger partial charge in [0.2, 0.25) is 5.82 Å². The van der Waals surface area contributed by atoms with Gasteiger partial charge in [0.1, 0.15) is 5.52 Å². The van der Waals surface area contributed by atoms with Gasteiger partial charge in [0, 0.05) is 5.56 Å². The summed E-state index contributed by atoms with van der Waals surface area (Å²) in [6.07, 6.45) is -4.73. The molecule has 25 heavy (non-hydrogen) atoms. The van der Waals surface area contributed by atoms with Crippen LogP contribution in [0, 0.1) is 0 Å². The van der Waals surface area contributed by atoms with Crippen molar-refractivity contribution >= 4 is 57.4 Å². The lowest BCUT2D eigenvalue weighted by Gasteiger charge is -2.11. The van der Waals surface area contributed by atoms with Crippen LogP contribution in [0.15, 0.2) is 30.3 Å². The number of carbonyl (C=O) groups is 1. The van der Waals surface area contributed by atoms with Gasteiger partial charge in [-0.2, -0.15) is 13.2 Å². The number of imidazole rings is 1. The van der Waals surface area contributed by atoms with Gasteiger partial charge in [-0.15, -0.1) is 0 Å². The summed E-state index contributed by atoms with van der Waals surface area (Å²) in [4.78, 5) is 17.8. The molecule has 130 valence electrons. The number of fused-ring (bicyclic) bond motifs is 1. The number of alkyl halides is 3. The first kappa shape index (κ1) is 17.8. The average Bonchev–Trinajstić information content (AvgIpc) is 3.03. The number of H-pyrrole nitrogens is 1. The van der Waals surface area contributed by atoms with Gasteiger partial charge >= 0.3 is 6.18 Å². The molecule has 0 saturated carbocycles. The maximum absolute atomic E-state index is 12.9. The highest BCUT2D eigenvalue weighted by Gasteiger charge is 2.36. The number of carbonyl (C=O) groups excluding carboxylic acids is 1. The summed E-state index contributed by atoms with van der Waals surface area (Å²) < 4.78 is 38.8. The monoisotopic (exact) mass is 407 g/mol. The van der Waals surface area contributed by atoms with E-state index >= 15 is 0 Å². The number of benzene rings is 2. The molecule has 0 saturated heterocycles. The minimum Gasteiger partial charge on any atom is -0.333 e. The van der Waals surface area contributed by atoms with Crippen molar-refractivity contribution < 1.29 is 18.0 Å². The zero-order valence-electron chi connectivity index (χ0n) is 12.0. The fraction of sp³-hybridized carbons (Fsp3) is 0.0667. The summed E-state index contributed by atoms with van der Waals surface area (Å²) in [5.41, 5.74) is -0.265. The average molecular weight is 409 g/mol. The Morgan fingerprint density at radius 3 is 2.28 bits per heavy atom. The third kappa shape index (κ3) is 3.27. The first-order valence-electron chi connectivity index (χ1n) is 6.70. The smallest absolute Gasteiger partial charge is 0.333 e. The SMILES string of the molecule is O=C(Nc1c(Cl)c(Cl)c(Cl)c2nc(C(F)(F)F)[nH]c12)c1ccccc1. The van der Waals surface area contributed by atoms with Crippen LogP contribution in [0.2, 0.25) is 15.1 Å². The van der Waals surface area contributed by atoms with Crippen LogP contribution >= 0.6 is 34.8 Å². The van der Waals surface area contributed by atoms with Crippen LogP contribution in [0.3, 0.4) is 0 Å². The van der Waals surface area contributed by atoms with E-state index in [-0.39, 0.29) is 37.4 Å². The molecule has 0 aliphatic rings. The molecule has 1 heterocycles. The van der Waals surface area contributed by atoms with Crippen molar-refractivity contribution in [3.8, 4) is 0 Å². The Morgan fingerprint density at radius 1 is 1.04 bits per heavy atom. The van der Waals surface area contributed by atoms with E-state index in [9.17, 15) is 18.0 Å². The zero-order chi connectivity index (χ0) is 18.4. The minimum atomic E-state index is -4.73. The third-order valence-electron chi connectivity index (χ3n) is 3.31. The molecular formula is C15H7Cl3F3N3O. The molecule has 0 atom stereocenters. The fourth-order valence-electron chi connectivity index (χ4n) is 2.16. The first-order valence-corrected chi connectivity index (χ1v) is 7.83. The molecule has 0 fully saturated rings. The normalized spacial score (nSPS) is 11.8. The van der Waals surface area contributed by atoms with Gasteiger partial charge in [-0.3, -0.25) is 4.79 Å². The van der Waals surface area contributed by atoms with E-state index in [0.29, 0.717) is 0 Å². The lowest BCUT2D eigenvalue weighted by Crippen LogP contribution is -2.12. The van der Waals surface area contributed by atoms with Crippen LogP contribution in [-0.2, 0) is 6.18 Å². The summed E-state index contributed by atoms with van der Waals surface area (Å²) in [5, 5.41) is 1.80. The Kier molecular flexibility index (Phi) is 4.57. The Labute approximate surface area is 153 Å². The topological polar surface area (TPSA) is 57.8 Å². The summed E-state index contributed by atoms with van der Waals surface area (Å²) in [6, 6.07) is 8.06. The number of rotatable bonds is 2. The van der Waals surface area contributed by atoms with Crippen LogP contribution in [0.1, 0.15) is 16.2 Å². The molecule has 3 rings (SSSR count). The zero-order valence-corrected chi connectivity index (χ0v) is 14.3. The van der Waals surface area contributed by atoms with E-state index in [1.54, 1.807) is 18.2 Å². The molecule has 0 spiro atoms. The van der Waals surface area contributed by atoms with Crippen LogP contribution in [0.5, 0.6) is 0 Å². The number of aromatic nitrogens is 2. The van der Waals surface area contributed by atoms with Crippen molar-refractivity contribution in [3.63, 3.8) is 0 Å². The van der Waals surface area contributed by atoms with Crippen molar-refractivity contribution in [1.29, 1.82) is 0 Å². The molecule has 2 aromatic carbocycles. The molecule has 0 bridgehead atoms. The number of amides is 1. The molecule has 10 heteroatoms. The van der Waals surface area contributed by atoms with E-state index < -0.39 is 17.9 Å². The maximum Gasteiger partial charge on any atom is 0.449 e. The Morgan fingerprint density at radius 2 is 1.68 bits per heavy atom. The number of nitrogens with one attached hydrogen (secondary N) is 2. The number of anilines is 1. The van der Waals surface area contributed by atoms with Crippen LogP contribution in [0.25, 0.3) is 11.0 Å². The highest BCUT2D eigenvalue weighted by Crippen LogP contribution is 2.44. The number of hydrogen-bond donors (Lipinski definition) is 2. The highest BCUT2D eigenvalue weighted by molar-refractivity contribution is 6.52. The predicted molar refractivity (Wildman–Crippen MR) is 90.5 cm³/mol. The lowest BCUT2D eigenvalue weighted by molar-refractivity contribution is -0.144. The fourth-order valence-corrected chi connectivity index (χ4v) is 2.86. The Hall–Kier alpha value is -1.96. The number of nitrogens with zero attached hydrogens (tertiary/aromatic N) is 1. The quantitative estimate of drug-likeness (QED) is 0.527. The highest BCUT2D eigenvalue weighted by atomic mass is 35.5. The van der Waals surface area contributed by atoms with Gasteiger partial charge in [0.05, 0.1) is 26.3 Å². The Balaban J connectivity index is 2.17. The summed E-state index contributed by atoms with van der Waals surface area (Å²) in [7, 11) is 0. The van der Waals surface area contributed by atoms with E-state index in [1.807, 2.05) is 0 Å². The standard InChI is InChI=1S/C15H7Cl3F3N3O/c16-7-8(17)10(22-13(25)6-4-2-1-3-5-6)12-11(9(7)18)23-14(24-12)15(19,20)21/h1-5H,(H,22,25)(H,23,24). The van der Waals surface area contributed by atoms with Crippen LogP contribution in [-0.4, -0.2) is 15.9 Å². The van der Waals surface area contributed by atoms with E-state index in [4.69, 9.17) is 34.8 Å². The molecule has 2 N–H and O–H groups in total. The van der Waals surface area contributed by atoms with Crippen LogP contribution < -0.4 is 5.32 Å². The molecule has 0 radical (unpaired) electrons. The number of halogens is 6. The lowest BCUT2D eigenvalue weighted by atomic mass is 10.2. The summed E-state index contributed by atoms with van der Waals surface area (Å²) >= 11 is 18.0. The van der Waals surface area contributed by atoms with Gasteiger partial charge in [0.15, 0.2) is 0 Å². The van der Waals surface area contributed by atoms with Crippen LogP contribution in [0.4, 0.5) is 18.9 Å². The molecule has 0 aliphatic carbocycles. The van der Waals surface area contributed by atoms with E-state index in [0.717, 1.165) is 0 Å². The van der Waals surface area contributed by atoms with Crippen molar-refractivity contribution in [2.75, 3.05) is 5.32 Å². The molecule has 0 aliphatic heterocycles. The Bertz CT molecular complexity index is 971. The molecule has 0 unspecified atom stereocenters. The van der Waals surface area contributed by atoms with Gasteiger partial charge in [-0.05, 0) is 12.1 Å². The molecule has 1 amide bonds. The second-order valence-electron chi connectivity index (χ2n) is 4.94. The van der Waals surface area contributed by atoms with Crippen molar-refractivity contribution in [3.05, 3.63) is 56.8 Å². The molecule has 1 aromatic heterocycles. The molecule has 3 aromatic rings. The number of hydrogen-bond acceptors (Lipinski definition) is 2. The van der Waals surface area contributed by atoms with Gasteiger partial charge in [-0.1, -0.05) is 53.0 Å². The second kappa shape index (κ2) is 6.40. The largest absolute Gasteiger partial charge is 0.449 e. The molecular weight excluding hydrogens is 402 g/mol. The second-order valence-corrected chi connectivity index (χ2v) is 6.08. The van der Waals surface area contributed by atoms with Crippen molar-refractivity contribution in [2.24, 2.45) is 0 Å². The van der Waals surface area contributed by atoms with E-state index in [1.165, 1.54) is 12.1 Å². The predicted octanol–water partition coefficient (Wildman–Crippen LogP) is 5.79.